The number of aryl methyl sites for hydroxylation is 1. The van der Waals surface area contributed by atoms with E-state index in [1.54, 1.807) is 24.3 Å². The Balaban J connectivity index is 1.51. The fourth-order valence-corrected chi connectivity index (χ4v) is 2.86. The van der Waals surface area contributed by atoms with Crippen molar-refractivity contribution in [1.29, 1.82) is 0 Å². The molecule has 1 saturated heterocycles. The molecule has 1 heterocycles. The smallest absolute Gasteiger partial charge is 0.253 e. The van der Waals surface area contributed by atoms with Crippen LogP contribution in [0.1, 0.15) is 28.8 Å². The first-order chi connectivity index (χ1) is 12.1. The van der Waals surface area contributed by atoms with Crippen LogP contribution in [0.25, 0.3) is 0 Å². The van der Waals surface area contributed by atoms with E-state index >= 15 is 0 Å². The minimum absolute atomic E-state index is 0.0661. The lowest BCUT2D eigenvalue weighted by Crippen LogP contribution is -2.27. The number of anilines is 2. The lowest BCUT2D eigenvalue weighted by Gasteiger charge is -2.15. The van der Waals surface area contributed by atoms with Crippen LogP contribution in [0.5, 0.6) is 0 Å². The van der Waals surface area contributed by atoms with Crippen molar-refractivity contribution >= 4 is 23.2 Å². The summed E-state index contributed by atoms with van der Waals surface area (Å²) in [5.41, 5.74) is 3.44. The van der Waals surface area contributed by atoms with Crippen molar-refractivity contribution in [3.05, 3.63) is 59.7 Å². The fraction of sp³-hybridized carbons (Fsp3) is 0.300. The van der Waals surface area contributed by atoms with Gasteiger partial charge >= 0.3 is 0 Å². The maximum absolute atomic E-state index is 12.3. The molecule has 5 nitrogen and oxygen atoms in total. The molecule has 0 aliphatic carbocycles. The highest BCUT2D eigenvalue weighted by Gasteiger charge is 2.19. The van der Waals surface area contributed by atoms with Gasteiger partial charge in [0.1, 0.15) is 0 Å². The molecule has 130 valence electrons. The summed E-state index contributed by atoms with van der Waals surface area (Å²) in [4.78, 5) is 26.2. The zero-order valence-electron chi connectivity index (χ0n) is 14.4. The number of nitrogens with one attached hydrogen (secondary N) is 2. The maximum atomic E-state index is 12.3. The molecule has 0 spiro atoms. The number of benzene rings is 2. The second-order valence-corrected chi connectivity index (χ2v) is 6.34. The third kappa shape index (κ3) is 4.59. The van der Waals surface area contributed by atoms with Gasteiger partial charge < -0.3 is 15.5 Å². The molecule has 0 aromatic heterocycles. The average Bonchev–Trinajstić information content (AvgIpc) is 3.16. The van der Waals surface area contributed by atoms with Gasteiger partial charge in [-0.25, -0.2) is 0 Å². The Morgan fingerprint density at radius 1 is 0.920 bits per heavy atom. The third-order valence-corrected chi connectivity index (χ3v) is 4.31. The SMILES string of the molecule is Cc1ccc(NCC(=O)Nc2ccc(C(=O)N3CCCC3)cc2)cc1. The van der Waals surface area contributed by atoms with E-state index in [4.69, 9.17) is 0 Å². The highest BCUT2D eigenvalue weighted by atomic mass is 16.2. The molecule has 0 atom stereocenters. The Hall–Kier alpha value is -2.82. The number of carbonyl (C=O) groups excluding carboxylic acids is 2. The highest BCUT2D eigenvalue weighted by molar-refractivity contribution is 5.96. The molecule has 5 heteroatoms. The van der Waals surface area contributed by atoms with Crippen molar-refractivity contribution in [3.63, 3.8) is 0 Å². The average molecular weight is 337 g/mol. The molecule has 1 fully saturated rings. The van der Waals surface area contributed by atoms with E-state index in [1.165, 1.54) is 5.56 Å². The van der Waals surface area contributed by atoms with Crippen LogP contribution in [0.4, 0.5) is 11.4 Å². The molecule has 0 saturated carbocycles. The molecule has 2 aromatic rings. The first-order valence-corrected chi connectivity index (χ1v) is 8.61. The molecule has 0 bridgehead atoms. The van der Waals surface area contributed by atoms with Crippen LogP contribution in [0, 0.1) is 6.92 Å². The van der Waals surface area contributed by atoms with E-state index in [9.17, 15) is 9.59 Å². The normalized spacial score (nSPS) is 13.6. The highest BCUT2D eigenvalue weighted by Crippen LogP contribution is 2.15. The summed E-state index contributed by atoms with van der Waals surface area (Å²) in [7, 11) is 0. The van der Waals surface area contributed by atoms with Crippen molar-refractivity contribution in [2.45, 2.75) is 19.8 Å². The van der Waals surface area contributed by atoms with Gasteiger partial charge in [-0.1, -0.05) is 17.7 Å². The van der Waals surface area contributed by atoms with E-state index in [0.717, 1.165) is 31.6 Å². The van der Waals surface area contributed by atoms with Crippen LogP contribution in [-0.2, 0) is 4.79 Å². The minimum Gasteiger partial charge on any atom is -0.376 e. The summed E-state index contributed by atoms with van der Waals surface area (Å²) >= 11 is 0. The minimum atomic E-state index is -0.126. The summed E-state index contributed by atoms with van der Waals surface area (Å²) < 4.78 is 0. The van der Waals surface area contributed by atoms with Gasteiger partial charge in [-0.15, -0.1) is 0 Å². The Bertz CT molecular complexity index is 733. The molecule has 3 rings (SSSR count). The number of likely N-dealkylation sites (tertiary alicyclic amines) is 1. The maximum Gasteiger partial charge on any atom is 0.253 e. The Kier molecular flexibility index (Phi) is 5.33. The van der Waals surface area contributed by atoms with Gasteiger partial charge in [0.15, 0.2) is 0 Å². The molecule has 2 aromatic carbocycles. The zero-order chi connectivity index (χ0) is 17.6. The first kappa shape index (κ1) is 17.0. The van der Waals surface area contributed by atoms with Crippen LogP contribution in [0.2, 0.25) is 0 Å². The Labute approximate surface area is 148 Å². The topological polar surface area (TPSA) is 61.4 Å². The quantitative estimate of drug-likeness (QED) is 0.880. The van der Waals surface area contributed by atoms with Gasteiger partial charge in [-0.2, -0.15) is 0 Å². The molecule has 25 heavy (non-hydrogen) atoms. The van der Waals surface area contributed by atoms with Crippen molar-refractivity contribution in [1.82, 2.24) is 4.90 Å². The number of nitrogens with zero attached hydrogens (tertiary/aromatic N) is 1. The number of hydrogen-bond acceptors (Lipinski definition) is 3. The van der Waals surface area contributed by atoms with Crippen LogP contribution < -0.4 is 10.6 Å². The largest absolute Gasteiger partial charge is 0.376 e. The Morgan fingerprint density at radius 2 is 1.52 bits per heavy atom. The zero-order valence-corrected chi connectivity index (χ0v) is 14.4. The summed E-state index contributed by atoms with van der Waals surface area (Å²) in [6.07, 6.45) is 2.15. The van der Waals surface area contributed by atoms with E-state index < -0.39 is 0 Å². The lowest BCUT2D eigenvalue weighted by molar-refractivity contribution is -0.114. The van der Waals surface area contributed by atoms with Crippen LogP contribution in [0.15, 0.2) is 48.5 Å². The van der Waals surface area contributed by atoms with Crippen molar-refractivity contribution in [3.8, 4) is 0 Å². The van der Waals surface area contributed by atoms with E-state index in [1.807, 2.05) is 36.1 Å². The molecule has 2 amide bonds. The van der Waals surface area contributed by atoms with Crippen LogP contribution in [-0.4, -0.2) is 36.3 Å². The molecule has 0 unspecified atom stereocenters. The molecule has 1 aliphatic rings. The monoisotopic (exact) mass is 337 g/mol. The molecule has 0 radical (unpaired) electrons. The molecular formula is C20H23N3O2. The van der Waals surface area contributed by atoms with Gasteiger partial charge in [-0.05, 0) is 56.2 Å². The van der Waals surface area contributed by atoms with Gasteiger partial charge in [0.2, 0.25) is 5.91 Å². The molecular weight excluding hydrogens is 314 g/mol. The van der Waals surface area contributed by atoms with Gasteiger partial charge in [0.05, 0.1) is 6.54 Å². The van der Waals surface area contributed by atoms with Gasteiger partial charge in [0.25, 0.3) is 5.91 Å². The molecule has 1 aliphatic heterocycles. The van der Waals surface area contributed by atoms with Gasteiger partial charge in [0, 0.05) is 30.0 Å². The Morgan fingerprint density at radius 3 is 2.16 bits per heavy atom. The number of hydrogen-bond donors (Lipinski definition) is 2. The van der Waals surface area contributed by atoms with Crippen LogP contribution >= 0.6 is 0 Å². The standard InChI is InChI=1S/C20H23N3O2/c1-15-4-8-17(9-5-15)21-14-19(24)22-18-10-6-16(7-11-18)20(25)23-12-2-3-13-23/h4-11,21H,2-3,12-14H2,1H3,(H,22,24). The number of rotatable bonds is 5. The molecule has 2 N–H and O–H groups in total. The summed E-state index contributed by atoms with van der Waals surface area (Å²) in [6, 6.07) is 15.0. The predicted molar refractivity (Wildman–Crippen MR) is 99.9 cm³/mol. The second kappa shape index (κ2) is 7.83. The number of carbonyl (C=O) groups is 2. The van der Waals surface area contributed by atoms with Crippen molar-refractivity contribution < 1.29 is 9.59 Å². The van der Waals surface area contributed by atoms with E-state index in [0.29, 0.717) is 11.3 Å². The van der Waals surface area contributed by atoms with Crippen molar-refractivity contribution in [2.75, 3.05) is 30.3 Å². The fourth-order valence-electron chi connectivity index (χ4n) is 2.86. The third-order valence-electron chi connectivity index (χ3n) is 4.31. The predicted octanol–water partition coefficient (Wildman–Crippen LogP) is 3.28. The summed E-state index contributed by atoms with van der Waals surface area (Å²) in [6.45, 7) is 3.89. The first-order valence-electron chi connectivity index (χ1n) is 8.61. The van der Waals surface area contributed by atoms with E-state index in [2.05, 4.69) is 10.6 Å². The second-order valence-electron chi connectivity index (χ2n) is 6.34. The summed E-state index contributed by atoms with van der Waals surface area (Å²) in [5, 5.41) is 5.92. The van der Waals surface area contributed by atoms with Crippen molar-refractivity contribution in [2.24, 2.45) is 0 Å². The summed E-state index contributed by atoms with van der Waals surface area (Å²) in [5.74, 6) is -0.0596. The van der Waals surface area contributed by atoms with Crippen LogP contribution in [0.3, 0.4) is 0 Å². The van der Waals surface area contributed by atoms with Gasteiger partial charge in [-0.3, -0.25) is 9.59 Å². The van der Waals surface area contributed by atoms with E-state index in [-0.39, 0.29) is 18.4 Å². The lowest BCUT2D eigenvalue weighted by atomic mass is 10.2. The number of amides is 2.